The Morgan fingerprint density at radius 1 is 1.77 bits per heavy atom. The number of nitrogens with zero attached hydrogens (tertiary/aromatic N) is 3. The molecule has 1 heterocycles. The molecule has 72 valence electrons. The number of carbonyl (C=O) groups is 1. The molecule has 13 heavy (non-hydrogen) atoms. The molecule has 0 aliphatic rings. The summed E-state index contributed by atoms with van der Waals surface area (Å²) in [5.41, 5.74) is 0.661. The van der Waals surface area contributed by atoms with E-state index in [2.05, 4.69) is 10.3 Å². The van der Waals surface area contributed by atoms with E-state index in [9.17, 15) is 4.79 Å². The van der Waals surface area contributed by atoms with Gasteiger partial charge in [-0.3, -0.25) is 4.79 Å². The molecule has 5 heteroatoms. The molecule has 1 N–H and O–H groups in total. The lowest BCUT2D eigenvalue weighted by Crippen LogP contribution is -2.14. The van der Waals surface area contributed by atoms with E-state index in [0.29, 0.717) is 12.2 Å². The molecule has 1 atom stereocenters. The van der Waals surface area contributed by atoms with Crippen LogP contribution in [0.2, 0.25) is 0 Å². The lowest BCUT2D eigenvalue weighted by molar-refractivity contribution is -0.138. The van der Waals surface area contributed by atoms with E-state index in [1.165, 1.54) is 6.20 Å². The van der Waals surface area contributed by atoms with Crippen molar-refractivity contribution in [2.45, 2.75) is 32.7 Å². The zero-order valence-corrected chi connectivity index (χ0v) is 7.77. The van der Waals surface area contributed by atoms with Gasteiger partial charge in [-0.2, -0.15) is 0 Å². The Morgan fingerprint density at radius 2 is 2.46 bits per heavy atom. The smallest absolute Gasteiger partial charge is 0.312 e. The molecule has 0 aliphatic heterocycles. The maximum Gasteiger partial charge on any atom is 0.312 e. The molecule has 0 amide bonds. The molecule has 0 saturated heterocycles. The van der Waals surface area contributed by atoms with Crippen LogP contribution in [0, 0.1) is 0 Å². The van der Waals surface area contributed by atoms with E-state index in [0.717, 1.165) is 6.42 Å². The SMILES string of the molecule is CCCn1nncc1C(C)C(=O)O. The van der Waals surface area contributed by atoms with Crippen LogP contribution < -0.4 is 0 Å². The molecule has 0 radical (unpaired) electrons. The number of aryl methyl sites for hydroxylation is 1. The van der Waals surface area contributed by atoms with Crippen molar-refractivity contribution < 1.29 is 9.90 Å². The van der Waals surface area contributed by atoms with E-state index >= 15 is 0 Å². The van der Waals surface area contributed by atoms with Crippen molar-refractivity contribution in [3.05, 3.63) is 11.9 Å². The highest BCUT2D eigenvalue weighted by atomic mass is 16.4. The summed E-state index contributed by atoms with van der Waals surface area (Å²) in [4.78, 5) is 10.7. The second-order valence-corrected chi connectivity index (χ2v) is 2.94. The highest BCUT2D eigenvalue weighted by molar-refractivity contribution is 5.74. The number of hydrogen-bond acceptors (Lipinski definition) is 3. The molecule has 0 aromatic carbocycles. The van der Waals surface area contributed by atoms with Gasteiger partial charge < -0.3 is 5.11 Å². The van der Waals surface area contributed by atoms with Crippen LogP contribution in [0.3, 0.4) is 0 Å². The van der Waals surface area contributed by atoms with Gasteiger partial charge in [-0.1, -0.05) is 12.1 Å². The summed E-state index contributed by atoms with van der Waals surface area (Å²) in [5.74, 6) is -1.39. The topological polar surface area (TPSA) is 68.0 Å². The standard InChI is InChI=1S/C8H13N3O2/c1-3-4-11-7(5-9-10-11)6(2)8(12)13/h5-6H,3-4H2,1-2H3,(H,12,13). The van der Waals surface area contributed by atoms with Gasteiger partial charge in [-0.05, 0) is 13.3 Å². The molecule has 0 fully saturated rings. The van der Waals surface area contributed by atoms with Gasteiger partial charge in [0, 0.05) is 6.54 Å². The first-order chi connectivity index (χ1) is 6.16. The van der Waals surface area contributed by atoms with E-state index in [1.807, 2.05) is 6.92 Å². The second kappa shape index (κ2) is 4.02. The molecular formula is C8H13N3O2. The first kappa shape index (κ1) is 9.70. The minimum atomic E-state index is -0.848. The zero-order chi connectivity index (χ0) is 9.84. The monoisotopic (exact) mass is 183 g/mol. The number of rotatable bonds is 4. The normalized spacial score (nSPS) is 12.8. The third kappa shape index (κ3) is 2.05. The zero-order valence-electron chi connectivity index (χ0n) is 7.77. The summed E-state index contributed by atoms with van der Waals surface area (Å²) in [6, 6.07) is 0. The van der Waals surface area contributed by atoms with Gasteiger partial charge in [0.15, 0.2) is 0 Å². The van der Waals surface area contributed by atoms with Crippen LogP contribution in [0.5, 0.6) is 0 Å². The molecule has 1 unspecified atom stereocenters. The predicted octanol–water partition coefficient (Wildman–Crippen LogP) is 0.876. The van der Waals surface area contributed by atoms with Crippen molar-refractivity contribution in [2.75, 3.05) is 0 Å². The fraction of sp³-hybridized carbons (Fsp3) is 0.625. The lowest BCUT2D eigenvalue weighted by Gasteiger charge is -2.07. The molecule has 1 rings (SSSR count). The number of aliphatic carboxylic acids is 1. The molecule has 0 saturated carbocycles. The van der Waals surface area contributed by atoms with Crippen LogP contribution in [0.1, 0.15) is 31.9 Å². The summed E-state index contributed by atoms with van der Waals surface area (Å²) in [7, 11) is 0. The van der Waals surface area contributed by atoms with Crippen LogP contribution in [-0.2, 0) is 11.3 Å². The lowest BCUT2D eigenvalue weighted by atomic mass is 10.1. The molecule has 0 aliphatic carbocycles. The minimum Gasteiger partial charge on any atom is -0.481 e. The molecule has 5 nitrogen and oxygen atoms in total. The van der Waals surface area contributed by atoms with Crippen LogP contribution in [0.4, 0.5) is 0 Å². The molecular weight excluding hydrogens is 170 g/mol. The summed E-state index contributed by atoms with van der Waals surface area (Å²) in [5, 5.41) is 16.3. The fourth-order valence-electron chi connectivity index (χ4n) is 1.11. The van der Waals surface area contributed by atoms with E-state index in [4.69, 9.17) is 5.11 Å². The molecule has 1 aromatic rings. The summed E-state index contributed by atoms with van der Waals surface area (Å²) >= 11 is 0. The van der Waals surface area contributed by atoms with Gasteiger partial charge in [0.1, 0.15) is 0 Å². The number of aromatic nitrogens is 3. The first-order valence-corrected chi connectivity index (χ1v) is 4.28. The number of carboxylic acids is 1. The van der Waals surface area contributed by atoms with Gasteiger partial charge in [0.25, 0.3) is 0 Å². The Kier molecular flexibility index (Phi) is 3.00. The Morgan fingerprint density at radius 3 is 3.00 bits per heavy atom. The molecule has 0 bridgehead atoms. The largest absolute Gasteiger partial charge is 0.481 e. The Bertz CT molecular complexity index is 295. The highest BCUT2D eigenvalue weighted by Crippen LogP contribution is 2.13. The number of carboxylic acid groups (broad SMARTS) is 1. The maximum absolute atomic E-state index is 10.7. The van der Waals surface area contributed by atoms with Crippen molar-refractivity contribution in [3.63, 3.8) is 0 Å². The Hall–Kier alpha value is -1.39. The molecule has 0 spiro atoms. The van der Waals surface area contributed by atoms with Gasteiger partial charge in [-0.15, -0.1) is 5.10 Å². The van der Waals surface area contributed by atoms with Crippen LogP contribution in [0.25, 0.3) is 0 Å². The highest BCUT2D eigenvalue weighted by Gasteiger charge is 2.18. The predicted molar refractivity (Wildman–Crippen MR) is 46.4 cm³/mol. The third-order valence-corrected chi connectivity index (χ3v) is 1.90. The minimum absolute atomic E-state index is 0.540. The van der Waals surface area contributed by atoms with Crippen molar-refractivity contribution in [1.29, 1.82) is 0 Å². The van der Waals surface area contributed by atoms with Gasteiger partial charge in [0.2, 0.25) is 0 Å². The molecule has 1 aromatic heterocycles. The summed E-state index contributed by atoms with van der Waals surface area (Å²) in [6.07, 6.45) is 2.43. The Balaban J connectivity index is 2.86. The summed E-state index contributed by atoms with van der Waals surface area (Å²) < 4.78 is 1.64. The average Bonchev–Trinajstić information content (AvgIpc) is 2.52. The van der Waals surface area contributed by atoms with Crippen molar-refractivity contribution in [1.82, 2.24) is 15.0 Å². The van der Waals surface area contributed by atoms with Gasteiger partial charge >= 0.3 is 5.97 Å². The first-order valence-electron chi connectivity index (χ1n) is 4.28. The van der Waals surface area contributed by atoms with Crippen LogP contribution in [-0.4, -0.2) is 26.1 Å². The average molecular weight is 183 g/mol. The third-order valence-electron chi connectivity index (χ3n) is 1.90. The van der Waals surface area contributed by atoms with Crippen molar-refractivity contribution in [3.8, 4) is 0 Å². The van der Waals surface area contributed by atoms with Gasteiger partial charge in [0.05, 0.1) is 17.8 Å². The fourth-order valence-corrected chi connectivity index (χ4v) is 1.11. The van der Waals surface area contributed by atoms with Crippen LogP contribution >= 0.6 is 0 Å². The van der Waals surface area contributed by atoms with Gasteiger partial charge in [-0.25, -0.2) is 4.68 Å². The quantitative estimate of drug-likeness (QED) is 0.752. The second-order valence-electron chi connectivity index (χ2n) is 2.94. The van der Waals surface area contributed by atoms with E-state index in [1.54, 1.807) is 11.6 Å². The van der Waals surface area contributed by atoms with E-state index in [-0.39, 0.29) is 0 Å². The van der Waals surface area contributed by atoms with E-state index < -0.39 is 11.9 Å². The van der Waals surface area contributed by atoms with Crippen molar-refractivity contribution in [2.24, 2.45) is 0 Å². The Labute approximate surface area is 76.4 Å². The summed E-state index contributed by atoms with van der Waals surface area (Å²) in [6.45, 7) is 4.36. The number of hydrogen-bond donors (Lipinski definition) is 1. The van der Waals surface area contributed by atoms with Crippen molar-refractivity contribution >= 4 is 5.97 Å². The maximum atomic E-state index is 10.7. The van der Waals surface area contributed by atoms with Crippen LogP contribution in [0.15, 0.2) is 6.20 Å².